The van der Waals surface area contributed by atoms with E-state index in [4.69, 9.17) is 11.6 Å². The predicted molar refractivity (Wildman–Crippen MR) is 115 cm³/mol. The number of alkyl halides is 3. The Morgan fingerprint density at radius 3 is 2.45 bits per heavy atom. The molecule has 3 aromatic rings. The first-order chi connectivity index (χ1) is 14.5. The molecule has 1 N–H and O–H groups in total. The molecule has 9 heteroatoms. The summed E-state index contributed by atoms with van der Waals surface area (Å²) in [5, 5.41) is 3.13. The number of hydrogen-bond acceptors (Lipinski definition) is 3. The van der Waals surface area contributed by atoms with E-state index in [2.05, 4.69) is 10.3 Å². The van der Waals surface area contributed by atoms with Gasteiger partial charge in [0.1, 0.15) is 6.04 Å². The highest BCUT2D eigenvalue weighted by molar-refractivity contribution is 6.31. The van der Waals surface area contributed by atoms with Gasteiger partial charge >= 0.3 is 6.18 Å². The lowest BCUT2D eigenvalue weighted by molar-refractivity contribution is -0.142. The third-order valence-corrected chi connectivity index (χ3v) is 5.71. The van der Waals surface area contributed by atoms with Crippen molar-refractivity contribution >= 4 is 34.2 Å². The Kier molecular flexibility index (Phi) is 6.14. The van der Waals surface area contributed by atoms with Crippen LogP contribution in [-0.4, -0.2) is 15.5 Å². The third-order valence-electron chi connectivity index (χ3n) is 5.30. The van der Waals surface area contributed by atoms with Crippen molar-refractivity contribution in [3.63, 3.8) is 0 Å². The molecule has 0 radical (unpaired) electrons. The second-order valence-corrected chi connectivity index (χ2v) is 7.79. The summed E-state index contributed by atoms with van der Waals surface area (Å²) in [6, 6.07) is 6.83. The van der Waals surface area contributed by atoms with E-state index in [1.165, 1.54) is 6.07 Å². The minimum Gasteiger partial charge on any atom is -0.324 e. The zero-order valence-corrected chi connectivity index (χ0v) is 18.1. The van der Waals surface area contributed by atoms with Crippen LogP contribution in [0.1, 0.15) is 41.8 Å². The van der Waals surface area contributed by atoms with Crippen molar-refractivity contribution in [2.24, 2.45) is 0 Å². The standard InChI is InChI=1S/C22H21ClF3N3O2/c1-5-17(20(30)28-15-8-6-7-14(23)13(15)4)29-18-10-12(3)11(2)9-16(18)27-19(21(29)31)22(24,25)26/h6-10,17H,5H2,1-4H3,(H,28,30). The Morgan fingerprint density at radius 2 is 1.84 bits per heavy atom. The van der Waals surface area contributed by atoms with Gasteiger partial charge in [0.05, 0.1) is 11.0 Å². The molecule has 1 aromatic heterocycles. The van der Waals surface area contributed by atoms with E-state index >= 15 is 0 Å². The largest absolute Gasteiger partial charge is 0.438 e. The molecular weight excluding hydrogens is 431 g/mol. The molecule has 0 aliphatic rings. The van der Waals surface area contributed by atoms with E-state index in [9.17, 15) is 22.8 Å². The molecule has 0 aliphatic carbocycles. The SMILES string of the molecule is CCC(C(=O)Nc1cccc(Cl)c1C)n1c(=O)c(C(F)(F)F)nc2cc(C)c(C)cc21. The first kappa shape index (κ1) is 22.8. The van der Waals surface area contributed by atoms with Gasteiger partial charge in [-0.2, -0.15) is 13.2 Å². The zero-order valence-electron chi connectivity index (χ0n) is 17.4. The maximum absolute atomic E-state index is 13.6. The molecule has 5 nitrogen and oxygen atoms in total. The third kappa shape index (κ3) is 4.30. The summed E-state index contributed by atoms with van der Waals surface area (Å²) in [5.74, 6) is -0.617. The van der Waals surface area contributed by atoms with Crippen LogP contribution in [0.25, 0.3) is 11.0 Å². The van der Waals surface area contributed by atoms with E-state index in [-0.39, 0.29) is 17.5 Å². The second kappa shape index (κ2) is 8.34. The molecule has 0 spiro atoms. The minimum atomic E-state index is -4.95. The van der Waals surface area contributed by atoms with Crippen molar-refractivity contribution in [2.75, 3.05) is 5.32 Å². The molecule has 0 bridgehead atoms. The smallest absolute Gasteiger partial charge is 0.324 e. The van der Waals surface area contributed by atoms with Gasteiger partial charge in [0.15, 0.2) is 0 Å². The van der Waals surface area contributed by atoms with E-state index < -0.39 is 29.4 Å². The van der Waals surface area contributed by atoms with E-state index in [1.54, 1.807) is 52.0 Å². The molecule has 2 aromatic carbocycles. The van der Waals surface area contributed by atoms with Crippen LogP contribution in [0.15, 0.2) is 35.1 Å². The van der Waals surface area contributed by atoms with Crippen molar-refractivity contribution in [3.8, 4) is 0 Å². The van der Waals surface area contributed by atoms with Gasteiger partial charge in [-0.15, -0.1) is 0 Å². The van der Waals surface area contributed by atoms with Crippen LogP contribution in [0.4, 0.5) is 18.9 Å². The van der Waals surface area contributed by atoms with Crippen LogP contribution in [0.5, 0.6) is 0 Å². The Hall–Kier alpha value is -2.87. The topological polar surface area (TPSA) is 64.0 Å². The maximum atomic E-state index is 13.6. The van der Waals surface area contributed by atoms with Crippen LogP contribution in [0, 0.1) is 20.8 Å². The summed E-state index contributed by atoms with van der Waals surface area (Å²) >= 11 is 6.09. The lowest BCUT2D eigenvalue weighted by Crippen LogP contribution is -2.37. The molecule has 1 unspecified atom stereocenters. The Bertz CT molecular complexity index is 1240. The predicted octanol–water partition coefficient (Wildman–Crippen LogP) is 5.58. The van der Waals surface area contributed by atoms with Gasteiger partial charge in [0.2, 0.25) is 11.6 Å². The highest BCUT2D eigenvalue weighted by Gasteiger charge is 2.39. The average molecular weight is 452 g/mol. The molecule has 0 fully saturated rings. The van der Waals surface area contributed by atoms with Crippen LogP contribution in [-0.2, 0) is 11.0 Å². The van der Waals surface area contributed by atoms with Crippen LogP contribution >= 0.6 is 11.6 Å². The maximum Gasteiger partial charge on any atom is 0.438 e. The number of amides is 1. The Morgan fingerprint density at radius 1 is 1.19 bits per heavy atom. The number of nitrogens with zero attached hydrogens (tertiary/aromatic N) is 2. The number of carbonyl (C=O) groups is 1. The van der Waals surface area contributed by atoms with Gasteiger partial charge in [-0.25, -0.2) is 4.98 Å². The van der Waals surface area contributed by atoms with Gasteiger partial charge in [-0.05, 0) is 68.1 Å². The second-order valence-electron chi connectivity index (χ2n) is 7.38. The number of anilines is 1. The van der Waals surface area contributed by atoms with E-state index in [0.717, 1.165) is 15.7 Å². The van der Waals surface area contributed by atoms with Crippen molar-refractivity contribution in [3.05, 3.63) is 68.1 Å². The lowest BCUT2D eigenvalue weighted by Gasteiger charge is -2.22. The highest BCUT2D eigenvalue weighted by Crippen LogP contribution is 2.30. The number of aryl methyl sites for hydroxylation is 2. The van der Waals surface area contributed by atoms with Crippen LogP contribution < -0.4 is 10.9 Å². The fourth-order valence-corrected chi connectivity index (χ4v) is 3.57. The van der Waals surface area contributed by atoms with Crippen molar-refractivity contribution < 1.29 is 18.0 Å². The Labute approximate surface area is 181 Å². The van der Waals surface area contributed by atoms with Crippen LogP contribution in [0.3, 0.4) is 0 Å². The van der Waals surface area contributed by atoms with E-state index in [1.807, 2.05) is 0 Å². The normalized spacial score (nSPS) is 12.8. The summed E-state index contributed by atoms with van der Waals surface area (Å²) in [4.78, 5) is 29.6. The summed E-state index contributed by atoms with van der Waals surface area (Å²) in [6.07, 6.45) is -4.86. The molecule has 0 saturated heterocycles. The molecule has 1 atom stereocenters. The molecule has 3 rings (SSSR count). The first-order valence-electron chi connectivity index (χ1n) is 9.62. The van der Waals surface area contributed by atoms with Crippen molar-refractivity contribution in [2.45, 2.75) is 46.3 Å². The molecule has 31 heavy (non-hydrogen) atoms. The van der Waals surface area contributed by atoms with Crippen molar-refractivity contribution in [1.82, 2.24) is 9.55 Å². The fourth-order valence-electron chi connectivity index (χ4n) is 3.40. The number of aromatic nitrogens is 2. The average Bonchev–Trinajstić information content (AvgIpc) is 2.68. The molecule has 0 saturated carbocycles. The van der Waals surface area contributed by atoms with Gasteiger partial charge < -0.3 is 5.32 Å². The molecule has 1 heterocycles. The summed E-state index contributed by atoms with van der Waals surface area (Å²) in [6.45, 7) is 6.85. The van der Waals surface area contributed by atoms with Gasteiger partial charge in [-0.1, -0.05) is 24.6 Å². The zero-order chi connectivity index (χ0) is 23.1. The number of rotatable bonds is 4. The number of halogens is 4. The minimum absolute atomic E-state index is 0.000195. The monoisotopic (exact) mass is 451 g/mol. The quantitative estimate of drug-likeness (QED) is 0.563. The molecule has 0 aliphatic heterocycles. The lowest BCUT2D eigenvalue weighted by atomic mass is 10.1. The van der Waals surface area contributed by atoms with Crippen molar-refractivity contribution in [1.29, 1.82) is 0 Å². The van der Waals surface area contributed by atoms with Crippen LogP contribution in [0.2, 0.25) is 5.02 Å². The highest BCUT2D eigenvalue weighted by atomic mass is 35.5. The fraction of sp³-hybridized carbons (Fsp3) is 0.318. The summed E-state index contributed by atoms with van der Waals surface area (Å²) in [5.41, 5.74) is -0.201. The molecular formula is C22H21ClF3N3O2. The molecule has 1 amide bonds. The van der Waals surface area contributed by atoms with Gasteiger partial charge in [0.25, 0.3) is 5.56 Å². The summed E-state index contributed by atoms with van der Waals surface area (Å²) < 4.78 is 41.6. The van der Waals surface area contributed by atoms with Gasteiger partial charge in [0, 0.05) is 10.7 Å². The first-order valence-corrected chi connectivity index (χ1v) is 10.00. The number of fused-ring (bicyclic) bond motifs is 1. The number of benzene rings is 2. The summed E-state index contributed by atoms with van der Waals surface area (Å²) in [7, 11) is 0. The number of hydrogen-bond donors (Lipinski definition) is 1. The van der Waals surface area contributed by atoms with Gasteiger partial charge in [-0.3, -0.25) is 14.2 Å². The number of nitrogens with one attached hydrogen (secondary N) is 1. The Balaban J connectivity index is 2.23. The van der Waals surface area contributed by atoms with E-state index in [0.29, 0.717) is 16.3 Å². The number of carbonyl (C=O) groups excluding carboxylic acids is 1. The molecule has 164 valence electrons.